The van der Waals surface area contributed by atoms with Crippen LogP contribution in [0.2, 0.25) is 0 Å². The summed E-state index contributed by atoms with van der Waals surface area (Å²) in [5.41, 5.74) is 1.03. The molecule has 0 N–H and O–H groups in total. The summed E-state index contributed by atoms with van der Waals surface area (Å²) < 4.78 is 27.0. The van der Waals surface area contributed by atoms with E-state index in [2.05, 4.69) is 15.9 Å². The smallest absolute Gasteiger partial charge is 0.207 e. The minimum atomic E-state index is -3.43. The van der Waals surface area contributed by atoms with Crippen molar-refractivity contribution in [2.24, 2.45) is 0 Å². The average Bonchev–Trinajstić information content (AvgIpc) is 2.27. The van der Waals surface area contributed by atoms with Crippen molar-refractivity contribution in [2.45, 2.75) is 24.8 Å². The summed E-state index contributed by atoms with van der Waals surface area (Å²) in [5.74, 6) is 0.777. The Kier molecular flexibility index (Phi) is 5.70. The summed E-state index contributed by atoms with van der Waals surface area (Å²) in [7, 11) is -1.81. The summed E-state index contributed by atoms with van der Waals surface area (Å²) in [6.07, 6.45) is 1.97. The van der Waals surface area contributed by atoms with E-state index in [0.717, 1.165) is 11.3 Å². The van der Waals surface area contributed by atoms with Crippen LogP contribution in [0.5, 0.6) is 0 Å². The summed E-state index contributed by atoms with van der Waals surface area (Å²) in [5, 5.41) is 0. The van der Waals surface area contributed by atoms with E-state index < -0.39 is 10.0 Å². The number of benzene rings is 1. The molecule has 18 heavy (non-hydrogen) atoms. The fourth-order valence-electron chi connectivity index (χ4n) is 1.55. The third kappa shape index (κ3) is 3.50. The first-order chi connectivity index (χ1) is 8.30. The Hall–Kier alpha value is -0.0400. The quantitative estimate of drug-likeness (QED) is 0.817. The van der Waals surface area contributed by atoms with E-state index in [-0.39, 0.29) is 6.04 Å². The van der Waals surface area contributed by atoms with Crippen LogP contribution in [0, 0.1) is 6.92 Å². The van der Waals surface area contributed by atoms with Gasteiger partial charge in [0.1, 0.15) is 0 Å². The number of rotatable bonds is 5. The van der Waals surface area contributed by atoms with Gasteiger partial charge in [0.05, 0.1) is 4.90 Å². The lowest BCUT2D eigenvalue weighted by molar-refractivity contribution is 0.415. The van der Waals surface area contributed by atoms with E-state index >= 15 is 0 Å². The molecule has 0 amide bonds. The largest absolute Gasteiger partial charge is 0.244 e. The minimum absolute atomic E-state index is 0.0294. The number of halogens is 1. The molecule has 0 bridgehead atoms. The number of thioether (sulfide) groups is 1. The Morgan fingerprint density at radius 2 is 2.06 bits per heavy atom. The molecule has 0 saturated carbocycles. The first kappa shape index (κ1) is 16.0. The molecule has 0 radical (unpaired) electrons. The highest BCUT2D eigenvalue weighted by Gasteiger charge is 2.26. The van der Waals surface area contributed by atoms with E-state index in [1.807, 2.05) is 32.2 Å². The van der Waals surface area contributed by atoms with E-state index in [4.69, 9.17) is 0 Å². The Labute approximate surface area is 122 Å². The van der Waals surface area contributed by atoms with Gasteiger partial charge in [0.25, 0.3) is 0 Å². The molecule has 0 aliphatic heterocycles. The van der Waals surface area contributed by atoms with Crippen LogP contribution in [0.15, 0.2) is 27.6 Å². The number of hydrogen-bond acceptors (Lipinski definition) is 3. The molecule has 1 aromatic carbocycles. The third-order valence-electron chi connectivity index (χ3n) is 2.77. The topological polar surface area (TPSA) is 37.4 Å². The van der Waals surface area contributed by atoms with Gasteiger partial charge in [-0.15, -0.1) is 0 Å². The van der Waals surface area contributed by atoms with Crippen molar-refractivity contribution in [1.82, 2.24) is 4.31 Å². The van der Waals surface area contributed by atoms with Gasteiger partial charge in [-0.2, -0.15) is 16.1 Å². The first-order valence-corrected chi connectivity index (χ1v) is 9.16. The van der Waals surface area contributed by atoms with E-state index in [1.54, 1.807) is 24.9 Å². The molecule has 102 valence electrons. The fourth-order valence-corrected chi connectivity index (χ4v) is 4.86. The maximum atomic E-state index is 12.5. The second-order valence-electron chi connectivity index (χ2n) is 4.26. The van der Waals surface area contributed by atoms with Crippen molar-refractivity contribution in [1.29, 1.82) is 0 Å². The lowest BCUT2D eigenvalue weighted by Crippen LogP contribution is -2.36. The molecule has 6 heteroatoms. The molecular formula is C12H18BrNO2S2. The predicted octanol–water partition coefficient (Wildman–Crippen LogP) is 3.13. The van der Waals surface area contributed by atoms with Gasteiger partial charge in [0.2, 0.25) is 10.0 Å². The second kappa shape index (κ2) is 6.41. The van der Waals surface area contributed by atoms with Crippen molar-refractivity contribution in [3.63, 3.8) is 0 Å². The number of hydrogen-bond donors (Lipinski definition) is 0. The summed E-state index contributed by atoms with van der Waals surface area (Å²) in [4.78, 5) is 0.323. The number of aryl methyl sites for hydroxylation is 1. The van der Waals surface area contributed by atoms with Crippen molar-refractivity contribution in [3.8, 4) is 0 Å². The normalized spacial score (nSPS) is 13.9. The standard InChI is InChI=1S/C12H18BrNO2S2/c1-9-5-6-12(11(13)7-9)18(15,16)14(3)10(2)8-17-4/h5-7,10H,8H2,1-4H3. The summed E-state index contributed by atoms with van der Waals surface area (Å²) in [6, 6.07) is 5.25. The van der Waals surface area contributed by atoms with Gasteiger partial charge in [0.15, 0.2) is 0 Å². The maximum absolute atomic E-state index is 12.5. The number of nitrogens with zero attached hydrogens (tertiary/aromatic N) is 1. The molecule has 0 aliphatic carbocycles. The van der Waals surface area contributed by atoms with Gasteiger partial charge in [-0.1, -0.05) is 6.07 Å². The summed E-state index contributed by atoms with van der Waals surface area (Å²) in [6.45, 7) is 3.84. The van der Waals surface area contributed by atoms with Crippen molar-refractivity contribution >= 4 is 37.7 Å². The molecule has 1 rings (SSSR count). The molecule has 3 nitrogen and oxygen atoms in total. The predicted molar refractivity (Wildman–Crippen MR) is 81.7 cm³/mol. The van der Waals surface area contributed by atoms with Crippen molar-refractivity contribution < 1.29 is 8.42 Å². The van der Waals surface area contributed by atoms with Crippen LogP contribution in [0.1, 0.15) is 12.5 Å². The lowest BCUT2D eigenvalue weighted by Gasteiger charge is -2.24. The second-order valence-corrected chi connectivity index (χ2v) is 7.99. The Morgan fingerprint density at radius 3 is 2.56 bits per heavy atom. The van der Waals surface area contributed by atoms with Gasteiger partial charge < -0.3 is 0 Å². The van der Waals surface area contributed by atoms with Gasteiger partial charge in [-0.05, 0) is 53.7 Å². The molecule has 1 atom stereocenters. The highest BCUT2D eigenvalue weighted by atomic mass is 79.9. The molecule has 0 spiro atoms. The Morgan fingerprint density at radius 1 is 1.44 bits per heavy atom. The SMILES string of the molecule is CSCC(C)N(C)S(=O)(=O)c1ccc(C)cc1Br. The Bertz CT molecular complexity index is 517. The van der Waals surface area contributed by atoms with Gasteiger partial charge in [-0.25, -0.2) is 8.42 Å². The average molecular weight is 352 g/mol. The fraction of sp³-hybridized carbons (Fsp3) is 0.500. The van der Waals surface area contributed by atoms with E-state index in [1.165, 1.54) is 4.31 Å². The summed E-state index contributed by atoms with van der Waals surface area (Å²) >= 11 is 4.97. The van der Waals surface area contributed by atoms with Crippen LogP contribution in [0.25, 0.3) is 0 Å². The zero-order chi connectivity index (χ0) is 13.9. The lowest BCUT2D eigenvalue weighted by atomic mass is 10.2. The van der Waals surface area contributed by atoms with Crippen LogP contribution in [-0.2, 0) is 10.0 Å². The van der Waals surface area contributed by atoms with Gasteiger partial charge >= 0.3 is 0 Å². The molecule has 1 aromatic rings. The van der Waals surface area contributed by atoms with Crippen molar-refractivity contribution in [3.05, 3.63) is 28.2 Å². The van der Waals surface area contributed by atoms with Crippen LogP contribution in [-0.4, -0.2) is 37.8 Å². The zero-order valence-electron chi connectivity index (χ0n) is 11.0. The molecule has 0 aliphatic rings. The minimum Gasteiger partial charge on any atom is -0.207 e. The van der Waals surface area contributed by atoms with Crippen LogP contribution < -0.4 is 0 Å². The molecule has 1 unspecified atom stereocenters. The van der Waals surface area contributed by atoms with Crippen molar-refractivity contribution in [2.75, 3.05) is 19.1 Å². The molecular weight excluding hydrogens is 334 g/mol. The first-order valence-electron chi connectivity index (χ1n) is 5.53. The molecule has 0 saturated heterocycles. The van der Waals surface area contributed by atoms with Crippen LogP contribution in [0.4, 0.5) is 0 Å². The highest BCUT2D eigenvalue weighted by Crippen LogP contribution is 2.26. The Balaban J connectivity index is 3.13. The van der Waals surface area contributed by atoms with Gasteiger partial charge in [0, 0.05) is 23.3 Å². The van der Waals surface area contributed by atoms with Crippen LogP contribution >= 0.6 is 27.7 Å². The number of sulfonamides is 1. The monoisotopic (exact) mass is 351 g/mol. The molecule has 0 fully saturated rings. The molecule has 0 aromatic heterocycles. The maximum Gasteiger partial charge on any atom is 0.244 e. The zero-order valence-corrected chi connectivity index (χ0v) is 14.2. The molecule has 0 heterocycles. The van der Waals surface area contributed by atoms with E-state index in [9.17, 15) is 8.42 Å². The van der Waals surface area contributed by atoms with E-state index in [0.29, 0.717) is 9.37 Å². The third-order valence-corrected chi connectivity index (χ3v) is 6.54. The van der Waals surface area contributed by atoms with Gasteiger partial charge in [-0.3, -0.25) is 0 Å². The highest BCUT2D eigenvalue weighted by molar-refractivity contribution is 9.10. The van der Waals surface area contributed by atoms with Crippen LogP contribution in [0.3, 0.4) is 0 Å².